The van der Waals surface area contributed by atoms with E-state index in [-0.39, 0.29) is 11.7 Å². The molecular weight excluding hydrogens is 344 g/mol. The van der Waals surface area contributed by atoms with Gasteiger partial charge in [0.1, 0.15) is 10.8 Å². The van der Waals surface area contributed by atoms with E-state index in [0.29, 0.717) is 11.0 Å². The highest BCUT2D eigenvalue weighted by Gasteiger charge is 2.20. The zero-order valence-corrected chi connectivity index (χ0v) is 15.6. The Bertz CT molecular complexity index is 692. The molecule has 1 aliphatic carbocycles. The summed E-state index contributed by atoms with van der Waals surface area (Å²) in [6, 6.07) is 0. The molecule has 1 aliphatic rings. The van der Waals surface area contributed by atoms with Gasteiger partial charge in [0.25, 0.3) is 0 Å². The van der Waals surface area contributed by atoms with Gasteiger partial charge in [-0.05, 0) is 26.7 Å². The molecular formula is C15H22N6OS2. The van der Waals surface area contributed by atoms with E-state index in [1.54, 1.807) is 0 Å². The molecule has 0 aromatic carbocycles. The highest BCUT2D eigenvalue weighted by Crippen LogP contribution is 2.35. The predicted molar refractivity (Wildman–Crippen MR) is 95.5 cm³/mol. The van der Waals surface area contributed by atoms with Crippen molar-refractivity contribution in [2.24, 2.45) is 0 Å². The van der Waals surface area contributed by atoms with E-state index in [4.69, 9.17) is 0 Å². The van der Waals surface area contributed by atoms with Crippen LogP contribution in [0.5, 0.6) is 0 Å². The van der Waals surface area contributed by atoms with Crippen LogP contribution in [0.3, 0.4) is 0 Å². The lowest BCUT2D eigenvalue weighted by Gasteiger charge is -2.18. The summed E-state index contributed by atoms with van der Waals surface area (Å²) in [5.41, 5.74) is 0. The van der Waals surface area contributed by atoms with Crippen LogP contribution < -0.4 is 5.32 Å². The number of anilines is 1. The molecule has 2 aromatic rings. The summed E-state index contributed by atoms with van der Waals surface area (Å²) in [5, 5.41) is 21.8. The van der Waals surface area contributed by atoms with Gasteiger partial charge >= 0.3 is 0 Å². The van der Waals surface area contributed by atoms with Crippen LogP contribution in [0.2, 0.25) is 0 Å². The van der Waals surface area contributed by atoms with Crippen molar-refractivity contribution >= 4 is 34.1 Å². The number of carbonyl (C=O) groups excluding carboxylic acids is 1. The van der Waals surface area contributed by atoms with Crippen molar-refractivity contribution in [2.75, 3.05) is 11.1 Å². The molecule has 1 N–H and O–H groups in total. The van der Waals surface area contributed by atoms with Crippen molar-refractivity contribution in [1.29, 1.82) is 0 Å². The van der Waals surface area contributed by atoms with Crippen LogP contribution in [0.15, 0.2) is 5.16 Å². The second kappa shape index (κ2) is 8.06. The third-order valence-electron chi connectivity index (χ3n) is 4.19. The van der Waals surface area contributed by atoms with Gasteiger partial charge in [-0.1, -0.05) is 42.4 Å². The second-order valence-corrected chi connectivity index (χ2v) is 7.84. The zero-order valence-electron chi connectivity index (χ0n) is 14.0. The molecule has 0 saturated heterocycles. The minimum atomic E-state index is -0.0883. The molecule has 1 fully saturated rings. The topological polar surface area (TPSA) is 85.6 Å². The largest absolute Gasteiger partial charge is 0.307 e. The number of carbonyl (C=O) groups is 1. The average molecular weight is 367 g/mol. The van der Waals surface area contributed by atoms with Gasteiger partial charge in [0.2, 0.25) is 11.0 Å². The van der Waals surface area contributed by atoms with E-state index in [0.717, 1.165) is 22.5 Å². The van der Waals surface area contributed by atoms with Gasteiger partial charge in [-0.25, -0.2) is 0 Å². The van der Waals surface area contributed by atoms with Gasteiger partial charge < -0.3 is 4.57 Å². The molecule has 0 radical (unpaired) electrons. The molecule has 0 atom stereocenters. The fourth-order valence-electron chi connectivity index (χ4n) is 2.92. The van der Waals surface area contributed by atoms with Crippen molar-refractivity contribution < 1.29 is 4.79 Å². The van der Waals surface area contributed by atoms with Crippen LogP contribution in [0.1, 0.15) is 55.8 Å². The normalized spacial score (nSPS) is 15.6. The SMILES string of the molecule is CCn1c(C)nnc1SCC(=O)Nc1nnc(C2CCCCC2)s1. The van der Waals surface area contributed by atoms with E-state index in [2.05, 4.69) is 25.7 Å². The van der Waals surface area contributed by atoms with E-state index in [1.165, 1.54) is 55.2 Å². The number of hydrogen-bond acceptors (Lipinski definition) is 7. The number of rotatable bonds is 6. The molecule has 7 nitrogen and oxygen atoms in total. The average Bonchev–Trinajstić information content (AvgIpc) is 3.20. The molecule has 0 unspecified atom stereocenters. The third kappa shape index (κ3) is 4.13. The summed E-state index contributed by atoms with van der Waals surface area (Å²) in [6.07, 6.45) is 6.22. The molecule has 0 aliphatic heterocycles. The molecule has 3 rings (SSSR count). The summed E-state index contributed by atoms with van der Waals surface area (Å²) in [7, 11) is 0. The van der Waals surface area contributed by atoms with Crippen molar-refractivity contribution in [3.05, 3.63) is 10.8 Å². The molecule has 24 heavy (non-hydrogen) atoms. The minimum absolute atomic E-state index is 0.0883. The molecule has 9 heteroatoms. The first-order chi connectivity index (χ1) is 11.7. The number of nitrogens with zero attached hydrogens (tertiary/aromatic N) is 5. The summed E-state index contributed by atoms with van der Waals surface area (Å²) in [4.78, 5) is 12.1. The Balaban J connectivity index is 1.52. The maximum atomic E-state index is 12.1. The maximum Gasteiger partial charge on any atom is 0.236 e. The molecule has 2 aromatic heterocycles. The second-order valence-electron chi connectivity index (χ2n) is 5.89. The standard InChI is InChI=1S/C15H22N6OS2/c1-3-21-10(2)17-20-15(21)23-9-12(22)16-14-19-18-13(24-14)11-7-5-4-6-8-11/h11H,3-9H2,1-2H3,(H,16,19,22). The van der Waals surface area contributed by atoms with Crippen LogP contribution in [-0.4, -0.2) is 36.6 Å². The predicted octanol–water partition coefficient (Wildman–Crippen LogP) is 3.24. The van der Waals surface area contributed by atoms with Gasteiger partial charge in [0.15, 0.2) is 5.16 Å². The Morgan fingerprint density at radius 1 is 1.25 bits per heavy atom. The number of aromatic nitrogens is 5. The van der Waals surface area contributed by atoms with Gasteiger partial charge in [-0.2, -0.15) is 0 Å². The monoisotopic (exact) mass is 366 g/mol. The van der Waals surface area contributed by atoms with Crippen LogP contribution in [0.4, 0.5) is 5.13 Å². The molecule has 1 saturated carbocycles. The third-order valence-corrected chi connectivity index (χ3v) is 6.16. The van der Waals surface area contributed by atoms with Crippen LogP contribution in [-0.2, 0) is 11.3 Å². The highest BCUT2D eigenvalue weighted by atomic mass is 32.2. The van der Waals surface area contributed by atoms with Crippen LogP contribution >= 0.6 is 23.1 Å². The van der Waals surface area contributed by atoms with Gasteiger partial charge in [-0.15, -0.1) is 20.4 Å². The first kappa shape index (κ1) is 17.3. The van der Waals surface area contributed by atoms with Crippen molar-refractivity contribution in [1.82, 2.24) is 25.0 Å². The van der Waals surface area contributed by atoms with E-state index >= 15 is 0 Å². The Hall–Kier alpha value is -1.48. The fraction of sp³-hybridized carbons (Fsp3) is 0.667. The van der Waals surface area contributed by atoms with E-state index in [1.807, 2.05) is 18.4 Å². The minimum Gasteiger partial charge on any atom is -0.307 e. The number of amides is 1. The first-order valence-corrected chi connectivity index (χ1v) is 10.1. The lowest BCUT2D eigenvalue weighted by atomic mass is 9.90. The lowest BCUT2D eigenvalue weighted by molar-refractivity contribution is -0.113. The molecule has 0 spiro atoms. The van der Waals surface area contributed by atoms with Gasteiger partial charge in [0.05, 0.1) is 5.75 Å². The molecule has 2 heterocycles. The number of thioether (sulfide) groups is 1. The summed E-state index contributed by atoms with van der Waals surface area (Å²) in [5.74, 6) is 1.58. The van der Waals surface area contributed by atoms with Gasteiger partial charge in [0, 0.05) is 12.5 Å². The number of aryl methyl sites for hydroxylation is 1. The number of nitrogens with one attached hydrogen (secondary N) is 1. The Kier molecular flexibility index (Phi) is 5.83. The van der Waals surface area contributed by atoms with Crippen molar-refractivity contribution in [2.45, 2.75) is 63.6 Å². The fourth-order valence-corrected chi connectivity index (χ4v) is 4.69. The van der Waals surface area contributed by atoms with E-state index < -0.39 is 0 Å². The molecule has 1 amide bonds. The molecule has 130 valence electrons. The quantitative estimate of drug-likeness (QED) is 0.790. The maximum absolute atomic E-state index is 12.1. The van der Waals surface area contributed by atoms with Crippen molar-refractivity contribution in [3.8, 4) is 0 Å². The zero-order chi connectivity index (χ0) is 16.9. The Morgan fingerprint density at radius 3 is 2.79 bits per heavy atom. The Morgan fingerprint density at radius 2 is 2.04 bits per heavy atom. The first-order valence-electron chi connectivity index (χ1n) is 8.33. The lowest BCUT2D eigenvalue weighted by Crippen LogP contribution is -2.14. The van der Waals surface area contributed by atoms with Crippen molar-refractivity contribution in [3.63, 3.8) is 0 Å². The van der Waals surface area contributed by atoms with Crippen LogP contribution in [0.25, 0.3) is 0 Å². The summed E-state index contributed by atoms with van der Waals surface area (Å²) >= 11 is 2.89. The summed E-state index contributed by atoms with van der Waals surface area (Å²) in [6.45, 7) is 4.74. The van der Waals surface area contributed by atoms with E-state index in [9.17, 15) is 4.79 Å². The summed E-state index contributed by atoms with van der Waals surface area (Å²) < 4.78 is 1.99. The smallest absolute Gasteiger partial charge is 0.236 e. The Labute approximate surface area is 149 Å². The number of hydrogen-bond donors (Lipinski definition) is 1. The van der Waals surface area contributed by atoms with Crippen LogP contribution in [0, 0.1) is 6.92 Å². The highest BCUT2D eigenvalue weighted by molar-refractivity contribution is 7.99. The molecule has 0 bridgehead atoms. The van der Waals surface area contributed by atoms with Gasteiger partial charge in [-0.3, -0.25) is 10.1 Å².